The molecule has 0 saturated carbocycles. The number of likely N-dealkylation sites (tertiary alicyclic amines) is 1. The quantitative estimate of drug-likeness (QED) is 0.296. The summed E-state index contributed by atoms with van der Waals surface area (Å²) < 4.78 is 12.8. The van der Waals surface area contributed by atoms with Crippen LogP contribution in [0.1, 0.15) is 23.6 Å². The molecule has 2 aromatic carbocycles. The van der Waals surface area contributed by atoms with Crippen LogP contribution in [-0.2, 0) is 16.1 Å². The van der Waals surface area contributed by atoms with Crippen molar-refractivity contribution in [1.82, 2.24) is 14.5 Å². The second-order valence-corrected chi connectivity index (χ2v) is 8.20. The standard InChI is InChI=1S/C25H24ClN3O5/c1-33-18-8-9-20(34-2)19(14-18)22-21(23(30)16-4-6-17(26)7-5-16)24(31)25(32)29(22)12-3-11-28-13-10-27-15-28/h4-10,13-15,22,30H,3,11-12H2,1-2H3/b23-21+. The average Bonchev–Trinajstić information content (AvgIpc) is 3.46. The molecule has 4 rings (SSSR count). The molecule has 8 nitrogen and oxygen atoms in total. The Morgan fingerprint density at radius 2 is 1.85 bits per heavy atom. The summed E-state index contributed by atoms with van der Waals surface area (Å²) in [6, 6.07) is 10.7. The molecule has 0 bridgehead atoms. The molecule has 176 valence electrons. The van der Waals surface area contributed by atoms with Gasteiger partial charge in [-0.3, -0.25) is 9.59 Å². The Balaban J connectivity index is 1.81. The summed E-state index contributed by atoms with van der Waals surface area (Å²) in [6.45, 7) is 0.896. The number of halogens is 1. The Morgan fingerprint density at radius 1 is 1.09 bits per heavy atom. The van der Waals surface area contributed by atoms with E-state index in [-0.39, 0.29) is 17.9 Å². The molecule has 1 saturated heterocycles. The van der Waals surface area contributed by atoms with E-state index in [1.54, 1.807) is 55.0 Å². The van der Waals surface area contributed by atoms with Gasteiger partial charge in [0.15, 0.2) is 0 Å². The van der Waals surface area contributed by atoms with Crippen molar-refractivity contribution in [3.63, 3.8) is 0 Å². The number of aromatic nitrogens is 2. The number of amides is 1. The summed E-state index contributed by atoms with van der Waals surface area (Å²) in [7, 11) is 3.04. The van der Waals surface area contributed by atoms with Gasteiger partial charge in [0.1, 0.15) is 17.3 Å². The van der Waals surface area contributed by atoms with Crippen molar-refractivity contribution in [3.8, 4) is 11.5 Å². The van der Waals surface area contributed by atoms with Gasteiger partial charge < -0.3 is 24.0 Å². The van der Waals surface area contributed by atoms with Crippen LogP contribution < -0.4 is 9.47 Å². The Bertz CT molecular complexity index is 1220. The highest BCUT2D eigenvalue weighted by molar-refractivity contribution is 6.46. The maximum Gasteiger partial charge on any atom is 0.295 e. The lowest BCUT2D eigenvalue weighted by Gasteiger charge is -2.27. The van der Waals surface area contributed by atoms with Gasteiger partial charge in [-0.15, -0.1) is 0 Å². The minimum Gasteiger partial charge on any atom is -0.507 e. The van der Waals surface area contributed by atoms with Crippen LogP contribution >= 0.6 is 11.6 Å². The van der Waals surface area contributed by atoms with Crippen molar-refractivity contribution in [3.05, 3.63) is 82.9 Å². The van der Waals surface area contributed by atoms with Crippen molar-refractivity contribution in [2.75, 3.05) is 20.8 Å². The number of carbonyl (C=O) groups excluding carboxylic acids is 2. The number of benzene rings is 2. The molecule has 9 heteroatoms. The SMILES string of the molecule is COc1ccc(OC)c(C2/C(=C(\O)c3ccc(Cl)cc3)C(=O)C(=O)N2CCCn2ccnc2)c1. The van der Waals surface area contributed by atoms with E-state index >= 15 is 0 Å². The number of aryl methyl sites for hydroxylation is 1. The fourth-order valence-electron chi connectivity index (χ4n) is 4.09. The van der Waals surface area contributed by atoms with E-state index in [4.69, 9.17) is 21.1 Å². The maximum atomic E-state index is 13.2. The van der Waals surface area contributed by atoms with E-state index in [1.807, 2.05) is 10.8 Å². The molecule has 2 heterocycles. The van der Waals surface area contributed by atoms with Gasteiger partial charge in [0, 0.05) is 41.6 Å². The molecule has 3 aromatic rings. The molecule has 1 unspecified atom stereocenters. The number of carbonyl (C=O) groups is 2. The number of imidazole rings is 1. The van der Waals surface area contributed by atoms with Crippen LogP contribution in [0.15, 0.2) is 66.8 Å². The monoisotopic (exact) mass is 481 g/mol. The van der Waals surface area contributed by atoms with Gasteiger partial charge in [-0.1, -0.05) is 11.6 Å². The van der Waals surface area contributed by atoms with Crippen molar-refractivity contribution in [2.45, 2.75) is 19.0 Å². The molecule has 34 heavy (non-hydrogen) atoms. The van der Waals surface area contributed by atoms with Gasteiger partial charge in [-0.25, -0.2) is 4.98 Å². The first-order valence-electron chi connectivity index (χ1n) is 10.7. The fraction of sp³-hybridized carbons (Fsp3) is 0.240. The molecule has 1 aliphatic rings. The van der Waals surface area contributed by atoms with E-state index in [0.717, 1.165) is 0 Å². The first-order valence-corrected chi connectivity index (χ1v) is 11.0. The molecule has 0 radical (unpaired) electrons. The minimum absolute atomic E-state index is 0.0125. The maximum absolute atomic E-state index is 13.2. The predicted molar refractivity (Wildman–Crippen MR) is 127 cm³/mol. The molecule has 1 atom stereocenters. The van der Waals surface area contributed by atoms with Crippen LogP contribution in [0, 0.1) is 0 Å². The molecule has 0 aliphatic carbocycles. The van der Waals surface area contributed by atoms with Gasteiger partial charge in [0.05, 0.1) is 32.2 Å². The van der Waals surface area contributed by atoms with Gasteiger partial charge >= 0.3 is 0 Å². The van der Waals surface area contributed by atoms with E-state index < -0.39 is 17.7 Å². The number of aliphatic hydroxyl groups is 1. The summed E-state index contributed by atoms with van der Waals surface area (Å²) in [5.74, 6) is -0.719. The van der Waals surface area contributed by atoms with E-state index in [2.05, 4.69) is 4.98 Å². The summed E-state index contributed by atoms with van der Waals surface area (Å²) in [6.07, 6.45) is 5.78. The lowest BCUT2D eigenvalue weighted by Crippen LogP contribution is -2.31. The first-order chi connectivity index (χ1) is 16.4. The summed E-state index contributed by atoms with van der Waals surface area (Å²) >= 11 is 5.98. The number of rotatable bonds is 8. The van der Waals surface area contributed by atoms with Gasteiger partial charge in [0.2, 0.25) is 0 Å². The summed E-state index contributed by atoms with van der Waals surface area (Å²) in [5, 5.41) is 11.7. The number of Topliss-reactive ketones (excluding diaryl/α,β-unsaturated/α-hetero) is 1. The van der Waals surface area contributed by atoms with E-state index in [1.165, 1.54) is 19.1 Å². The Hall–Kier alpha value is -3.78. The van der Waals surface area contributed by atoms with Crippen molar-refractivity contribution in [1.29, 1.82) is 0 Å². The lowest BCUT2D eigenvalue weighted by atomic mass is 9.94. The zero-order valence-electron chi connectivity index (χ0n) is 18.8. The Morgan fingerprint density at radius 3 is 2.50 bits per heavy atom. The molecule has 1 amide bonds. The molecular weight excluding hydrogens is 458 g/mol. The highest BCUT2D eigenvalue weighted by Gasteiger charge is 2.47. The minimum atomic E-state index is -0.858. The second kappa shape index (κ2) is 10.0. The van der Waals surface area contributed by atoms with Crippen LogP contribution in [0.2, 0.25) is 5.02 Å². The number of methoxy groups -OCH3 is 2. The largest absolute Gasteiger partial charge is 0.507 e. The predicted octanol–water partition coefficient (Wildman–Crippen LogP) is 4.07. The van der Waals surface area contributed by atoms with Crippen molar-refractivity contribution in [2.24, 2.45) is 0 Å². The Labute approximate surface area is 202 Å². The van der Waals surface area contributed by atoms with E-state index in [0.29, 0.717) is 40.6 Å². The van der Waals surface area contributed by atoms with Gasteiger partial charge in [-0.2, -0.15) is 0 Å². The van der Waals surface area contributed by atoms with Crippen LogP contribution in [0.5, 0.6) is 11.5 Å². The first kappa shape index (κ1) is 23.4. The van der Waals surface area contributed by atoms with Gasteiger partial charge in [-0.05, 0) is 48.9 Å². The van der Waals surface area contributed by atoms with Crippen LogP contribution in [0.3, 0.4) is 0 Å². The third kappa shape index (κ3) is 4.49. The molecule has 1 aliphatic heterocycles. The zero-order chi connectivity index (χ0) is 24.2. The average molecular weight is 482 g/mol. The third-order valence-electron chi connectivity index (χ3n) is 5.76. The number of ether oxygens (including phenoxy) is 2. The lowest BCUT2D eigenvalue weighted by molar-refractivity contribution is -0.140. The molecule has 1 fully saturated rings. The van der Waals surface area contributed by atoms with Crippen LogP contribution in [0.25, 0.3) is 5.76 Å². The highest BCUT2D eigenvalue weighted by Crippen LogP contribution is 2.44. The molecule has 1 aromatic heterocycles. The number of hydrogen-bond acceptors (Lipinski definition) is 6. The van der Waals surface area contributed by atoms with Crippen LogP contribution in [0.4, 0.5) is 0 Å². The van der Waals surface area contributed by atoms with Gasteiger partial charge in [0.25, 0.3) is 11.7 Å². The fourth-order valence-corrected chi connectivity index (χ4v) is 4.22. The summed E-state index contributed by atoms with van der Waals surface area (Å²) in [4.78, 5) is 31.9. The zero-order valence-corrected chi connectivity index (χ0v) is 19.5. The number of ketones is 1. The number of hydrogen-bond donors (Lipinski definition) is 1. The smallest absolute Gasteiger partial charge is 0.295 e. The molecule has 1 N–H and O–H groups in total. The van der Waals surface area contributed by atoms with Crippen LogP contribution in [-0.4, -0.2) is 52.0 Å². The highest BCUT2D eigenvalue weighted by atomic mass is 35.5. The number of nitrogens with zero attached hydrogens (tertiary/aromatic N) is 3. The number of aliphatic hydroxyl groups excluding tert-OH is 1. The normalized spacial score (nSPS) is 17.3. The van der Waals surface area contributed by atoms with Crippen molar-refractivity contribution >= 4 is 29.1 Å². The Kier molecular flexibility index (Phi) is 6.88. The van der Waals surface area contributed by atoms with Crippen molar-refractivity contribution < 1.29 is 24.2 Å². The molecular formula is C25H24ClN3O5. The molecule has 0 spiro atoms. The third-order valence-corrected chi connectivity index (χ3v) is 6.02. The second-order valence-electron chi connectivity index (χ2n) is 7.76. The summed E-state index contributed by atoms with van der Waals surface area (Å²) in [5.41, 5.74) is 0.911. The topological polar surface area (TPSA) is 93.9 Å². The van der Waals surface area contributed by atoms with E-state index in [9.17, 15) is 14.7 Å².